The minimum absolute atomic E-state index is 0.354. The highest BCUT2D eigenvalue weighted by Gasteiger charge is 2.11. The maximum atomic E-state index is 5.86. The molecular weight excluding hydrogens is 268 g/mol. The fraction of sp³-hybridized carbons (Fsp3) is 0.200. The van der Waals surface area contributed by atoms with Gasteiger partial charge < -0.3 is 15.2 Å². The fourth-order valence-corrected chi connectivity index (χ4v) is 1.96. The first-order valence-corrected chi connectivity index (χ1v) is 6.77. The number of hydrogen-bond acceptors (Lipinski definition) is 5. The van der Waals surface area contributed by atoms with Crippen molar-refractivity contribution >= 4 is 11.5 Å². The molecule has 3 rings (SSSR count). The van der Waals surface area contributed by atoms with Crippen molar-refractivity contribution < 1.29 is 9.47 Å². The van der Waals surface area contributed by atoms with Gasteiger partial charge in [0, 0.05) is 12.4 Å². The third-order valence-corrected chi connectivity index (χ3v) is 2.88. The molecular formula is C15H16N4O2. The molecule has 6 nitrogen and oxygen atoms in total. The first-order valence-electron chi connectivity index (χ1n) is 6.77. The minimum Gasteiger partial charge on any atom is -0.490 e. The molecule has 0 saturated carbocycles. The van der Waals surface area contributed by atoms with Gasteiger partial charge in [0.2, 0.25) is 5.65 Å². The Kier molecular flexibility index (Phi) is 3.59. The highest BCUT2D eigenvalue weighted by Crippen LogP contribution is 2.32. The van der Waals surface area contributed by atoms with Crippen LogP contribution in [0.25, 0.3) is 5.65 Å². The summed E-state index contributed by atoms with van der Waals surface area (Å²) in [6.07, 6.45) is 6.08. The van der Waals surface area contributed by atoms with Crippen LogP contribution in [0.3, 0.4) is 0 Å². The van der Waals surface area contributed by atoms with Crippen molar-refractivity contribution in [3.05, 3.63) is 42.9 Å². The second-order valence-corrected chi connectivity index (χ2v) is 4.53. The average molecular weight is 284 g/mol. The number of benzene rings is 1. The number of imidazole rings is 1. The van der Waals surface area contributed by atoms with E-state index in [2.05, 4.69) is 16.9 Å². The summed E-state index contributed by atoms with van der Waals surface area (Å²) in [5, 5.41) is 0. The Balaban J connectivity index is 1.97. The SMILES string of the molecule is CCCOc1ccccc1Oc1nc(N)cn2ccnc12. The summed E-state index contributed by atoms with van der Waals surface area (Å²) in [7, 11) is 0. The lowest BCUT2D eigenvalue weighted by molar-refractivity contribution is 0.301. The number of aromatic nitrogens is 3. The van der Waals surface area contributed by atoms with E-state index in [0.717, 1.165) is 6.42 Å². The summed E-state index contributed by atoms with van der Waals surface area (Å²) < 4.78 is 13.3. The summed E-state index contributed by atoms with van der Waals surface area (Å²) in [5.74, 6) is 1.98. The van der Waals surface area contributed by atoms with Crippen LogP contribution in [-0.2, 0) is 0 Å². The van der Waals surface area contributed by atoms with E-state index in [4.69, 9.17) is 15.2 Å². The minimum atomic E-state index is 0.354. The first-order chi connectivity index (χ1) is 10.3. The van der Waals surface area contributed by atoms with Crippen LogP contribution in [0.5, 0.6) is 17.4 Å². The van der Waals surface area contributed by atoms with Gasteiger partial charge >= 0.3 is 0 Å². The molecule has 0 saturated heterocycles. The van der Waals surface area contributed by atoms with Gasteiger partial charge in [-0.2, -0.15) is 4.98 Å². The van der Waals surface area contributed by atoms with Gasteiger partial charge in [0.05, 0.1) is 12.8 Å². The standard InChI is InChI=1S/C15H16N4O2/c1-2-9-20-11-5-3-4-6-12(11)21-15-14-17-7-8-19(14)10-13(16)18-15/h3-8,10H,2,9,16H2,1H3. The third kappa shape index (κ3) is 2.74. The number of rotatable bonds is 5. The summed E-state index contributed by atoms with van der Waals surface area (Å²) in [6, 6.07) is 7.47. The number of para-hydroxylation sites is 2. The van der Waals surface area contributed by atoms with E-state index in [-0.39, 0.29) is 0 Å². The van der Waals surface area contributed by atoms with E-state index in [0.29, 0.717) is 35.5 Å². The molecule has 2 heterocycles. The van der Waals surface area contributed by atoms with E-state index in [1.54, 1.807) is 23.0 Å². The molecule has 6 heteroatoms. The molecule has 0 aliphatic carbocycles. The summed E-state index contributed by atoms with van der Waals surface area (Å²) >= 11 is 0. The van der Waals surface area contributed by atoms with E-state index >= 15 is 0 Å². The Hall–Kier alpha value is -2.76. The van der Waals surface area contributed by atoms with Crippen LogP contribution in [0.2, 0.25) is 0 Å². The van der Waals surface area contributed by atoms with Crippen LogP contribution in [0.1, 0.15) is 13.3 Å². The van der Waals surface area contributed by atoms with Crippen LogP contribution in [0, 0.1) is 0 Å². The zero-order valence-electron chi connectivity index (χ0n) is 11.7. The number of nitrogens with two attached hydrogens (primary N) is 1. The summed E-state index contributed by atoms with van der Waals surface area (Å²) in [4.78, 5) is 8.43. The predicted octanol–water partition coefficient (Wildman–Crippen LogP) is 2.89. The van der Waals surface area contributed by atoms with Crippen molar-refractivity contribution in [2.75, 3.05) is 12.3 Å². The zero-order valence-corrected chi connectivity index (χ0v) is 11.7. The van der Waals surface area contributed by atoms with E-state index in [1.807, 2.05) is 24.3 Å². The van der Waals surface area contributed by atoms with Crippen molar-refractivity contribution in [2.45, 2.75) is 13.3 Å². The smallest absolute Gasteiger partial charge is 0.265 e. The van der Waals surface area contributed by atoms with Gasteiger partial charge in [0.25, 0.3) is 5.88 Å². The number of nitrogens with zero attached hydrogens (tertiary/aromatic N) is 3. The third-order valence-electron chi connectivity index (χ3n) is 2.88. The van der Waals surface area contributed by atoms with Crippen molar-refractivity contribution in [3.63, 3.8) is 0 Å². The van der Waals surface area contributed by atoms with Gasteiger partial charge in [-0.3, -0.25) is 4.40 Å². The van der Waals surface area contributed by atoms with E-state index in [9.17, 15) is 0 Å². The number of fused-ring (bicyclic) bond motifs is 1. The molecule has 0 aliphatic heterocycles. The molecule has 0 atom stereocenters. The van der Waals surface area contributed by atoms with Crippen molar-refractivity contribution in [1.29, 1.82) is 0 Å². The van der Waals surface area contributed by atoms with Crippen molar-refractivity contribution in [2.24, 2.45) is 0 Å². The maximum absolute atomic E-state index is 5.86. The second-order valence-electron chi connectivity index (χ2n) is 4.53. The summed E-state index contributed by atoms with van der Waals surface area (Å²) in [6.45, 7) is 2.68. The van der Waals surface area contributed by atoms with Crippen molar-refractivity contribution in [1.82, 2.24) is 14.4 Å². The lowest BCUT2D eigenvalue weighted by Gasteiger charge is -2.12. The molecule has 1 aromatic carbocycles. The van der Waals surface area contributed by atoms with Gasteiger partial charge in [0.1, 0.15) is 5.82 Å². The van der Waals surface area contributed by atoms with Gasteiger partial charge in [-0.1, -0.05) is 19.1 Å². The van der Waals surface area contributed by atoms with Gasteiger partial charge in [0.15, 0.2) is 11.5 Å². The molecule has 0 unspecified atom stereocenters. The molecule has 0 fully saturated rings. The van der Waals surface area contributed by atoms with Crippen LogP contribution in [0.4, 0.5) is 5.82 Å². The molecule has 0 radical (unpaired) electrons. The van der Waals surface area contributed by atoms with Crippen LogP contribution in [0.15, 0.2) is 42.9 Å². The molecule has 21 heavy (non-hydrogen) atoms. The fourth-order valence-electron chi connectivity index (χ4n) is 1.96. The van der Waals surface area contributed by atoms with Crippen LogP contribution >= 0.6 is 0 Å². The largest absolute Gasteiger partial charge is 0.490 e. The van der Waals surface area contributed by atoms with Crippen molar-refractivity contribution in [3.8, 4) is 17.4 Å². The number of nitrogen functional groups attached to an aromatic ring is 1. The Morgan fingerprint density at radius 2 is 2.05 bits per heavy atom. The van der Waals surface area contributed by atoms with E-state index < -0.39 is 0 Å². The Labute approximate surface area is 122 Å². The topological polar surface area (TPSA) is 74.7 Å². The first kappa shape index (κ1) is 13.2. The lowest BCUT2D eigenvalue weighted by atomic mass is 10.3. The lowest BCUT2D eigenvalue weighted by Crippen LogP contribution is -2.01. The van der Waals surface area contributed by atoms with Crippen LogP contribution in [-0.4, -0.2) is 21.0 Å². The number of ether oxygens (including phenoxy) is 2. The molecule has 3 aromatic rings. The molecule has 2 N–H and O–H groups in total. The second kappa shape index (κ2) is 5.70. The summed E-state index contributed by atoms with van der Waals surface area (Å²) in [5.41, 5.74) is 6.39. The van der Waals surface area contributed by atoms with Crippen LogP contribution < -0.4 is 15.2 Å². The average Bonchev–Trinajstić information content (AvgIpc) is 2.94. The van der Waals surface area contributed by atoms with Gasteiger partial charge in [-0.25, -0.2) is 4.98 Å². The maximum Gasteiger partial charge on any atom is 0.265 e. The normalized spacial score (nSPS) is 10.7. The molecule has 0 bridgehead atoms. The molecule has 108 valence electrons. The number of anilines is 1. The Morgan fingerprint density at radius 1 is 1.24 bits per heavy atom. The Morgan fingerprint density at radius 3 is 2.86 bits per heavy atom. The molecule has 0 aliphatic rings. The van der Waals surface area contributed by atoms with Gasteiger partial charge in [-0.15, -0.1) is 0 Å². The van der Waals surface area contributed by atoms with E-state index in [1.165, 1.54) is 0 Å². The zero-order chi connectivity index (χ0) is 14.7. The van der Waals surface area contributed by atoms with Gasteiger partial charge in [-0.05, 0) is 18.6 Å². The number of hydrogen-bond donors (Lipinski definition) is 1. The molecule has 0 spiro atoms. The highest BCUT2D eigenvalue weighted by atomic mass is 16.5. The monoisotopic (exact) mass is 284 g/mol. The molecule has 0 amide bonds. The highest BCUT2D eigenvalue weighted by molar-refractivity contribution is 5.55. The predicted molar refractivity (Wildman–Crippen MR) is 79.7 cm³/mol. The quantitative estimate of drug-likeness (QED) is 0.779. The Bertz CT molecular complexity index is 754. The molecule has 2 aromatic heterocycles.